The van der Waals surface area contributed by atoms with Crippen LogP contribution in [-0.2, 0) is 6.42 Å². The summed E-state index contributed by atoms with van der Waals surface area (Å²) >= 11 is 3.49. The van der Waals surface area contributed by atoms with E-state index in [-0.39, 0.29) is 0 Å². The molecule has 0 aromatic carbocycles. The molecule has 2 rings (SSSR count). The van der Waals surface area contributed by atoms with Crippen LogP contribution in [0.5, 0.6) is 0 Å². The molecule has 1 aliphatic heterocycles. The maximum absolute atomic E-state index is 4.65. The van der Waals surface area contributed by atoms with Crippen LogP contribution in [0.3, 0.4) is 0 Å². The summed E-state index contributed by atoms with van der Waals surface area (Å²) in [5.41, 5.74) is 0. The Morgan fingerprint density at radius 3 is 2.83 bits per heavy atom. The Morgan fingerprint density at radius 2 is 2.11 bits per heavy atom. The molecular formula is C14H22BrN3. The van der Waals surface area contributed by atoms with Crippen molar-refractivity contribution in [3.63, 3.8) is 0 Å². The molecule has 0 spiro atoms. The maximum atomic E-state index is 4.65. The molecule has 0 bridgehead atoms. The first-order valence-electron chi connectivity index (χ1n) is 7.01. The Morgan fingerprint density at radius 1 is 1.28 bits per heavy atom. The molecule has 18 heavy (non-hydrogen) atoms. The average molecular weight is 312 g/mol. The molecule has 1 fully saturated rings. The van der Waals surface area contributed by atoms with Crippen molar-refractivity contribution in [2.45, 2.75) is 46.0 Å². The van der Waals surface area contributed by atoms with Crippen molar-refractivity contribution in [1.29, 1.82) is 0 Å². The van der Waals surface area contributed by atoms with Gasteiger partial charge in [0.2, 0.25) is 0 Å². The monoisotopic (exact) mass is 311 g/mol. The van der Waals surface area contributed by atoms with Gasteiger partial charge in [-0.15, -0.1) is 0 Å². The molecule has 2 heterocycles. The Hall–Kier alpha value is -0.640. The lowest BCUT2D eigenvalue weighted by atomic mass is 9.98. The molecule has 1 atom stereocenters. The molecule has 1 saturated heterocycles. The highest BCUT2D eigenvalue weighted by atomic mass is 79.9. The van der Waals surface area contributed by atoms with Crippen LogP contribution in [0.25, 0.3) is 0 Å². The van der Waals surface area contributed by atoms with E-state index in [2.05, 4.69) is 44.6 Å². The molecule has 1 aromatic rings. The number of hydrogen-bond acceptors (Lipinski definition) is 3. The zero-order chi connectivity index (χ0) is 13.0. The van der Waals surface area contributed by atoms with Gasteiger partial charge in [0, 0.05) is 25.6 Å². The van der Waals surface area contributed by atoms with Crippen LogP contribution in [0.2, 0.25) is 0 Å². The number of anilines is 1. The van der Waals surface area contributed by atoms with E-state index in [1.54, 1.807) is 0 Å². The van der Waals surface area contributed by atoms with Crippen molar-refractivity contribution in [1.82, 2.24) is 9.97 Å². The molecule has 0 radical (unpaired) electrons. The summed E-state index contributed by atoms with van der Waals surface area (Å²) in [6, 6.07) is 2.05. The van der Waals surface area contributed by atoms with E-state index in [9.17, 15) is 0 Å². The van der Waals surface area contributed by atoms with Gasteiger partial charge in [-0.1, -0.05) is 20.3 Å². The lowest BCUT2D eigenvalue weighted by Gasteiger charge is -2.22. The van der Waals surface area contributed by atoms with Crippen LogP contribution in [0.1, 0.15) is 45.4 Å². The van der Waals surface area contributed by atoms with Gasteiger partial charge in [-0.25, -0.2) is 9.97 Å². The van der Waals surface area contributed by atoms with Crippen molar-refractivity contribution >= 4 is 21.7 Å². The van der Waals surface area contributed by atoms with Gasteiger partial charge in [-0.2, -0.15) is 0 Å². The van der Waals surface area contributed by atoms with Gasteiger partial charge in [0.15, 0.2) is 0 Å². The quantitative estimate of drug-likeness (QED) is 0.795. The van der Waals surface area contributed by atoms with E-state index in [0.29, 0.717) is 0 Å². The smallest absolute Gasteiger partial charge is 0.133 e. The van der Waals surface area contributed by atoms with Gasteiger partial charge in [0.05, 0.1) is 0 Å². The molecule has 0 N–H and O–H groups in total. The van der Waals surface area contributed by atoms with Crippen LogP contribution < -0.4 is 4.90 Å². The van der Waals surface area contributed by atoms with Crippen LogP contribution in [0.15, 0.2) is 10.7 Å². The van der Waals surface area contributed by atoms with Gasteiger partial charge >= 0.3 is 0 Å². The van der Waals surface area contributed by atoms with Crippen molar-refractivity contribution < 1.29 is 0 Å². The Kier molecular flexibility index (Phi) is 4.98. The number of aryl methyl sites for hydroxylation is 1. The predicted octanol–water partition coefficient (Wildman–Crippen LogP) is 3.82. The Bertz CT molecular complexity index is 395. The van der Waals surface area contributed by atoms with Gasteiger partial charge in [0.25, 0.3) is 0 Å². The van der Waals surface area contributed by atoms with Crippen LogP contribution in [0.4, 0.5) is 5.82 Å². The number of nitrogens with zero attached hydrogens (tertiary/aromatic N) is 3. The molecule has 1 unspecified atom stereocenters. The summed E-state index contributed by atoms with van der Waals surface area (Å²) in [6.07, 6.45) is 6.13. The number of aromatic nitrogens is 2. The zero-order valence-corrected chi connectivity index (χ0v) is 12.9. The molecule has 100 valence electrons. The van der Waals surface area contributed by atoms with Crippen LogP contribution >= 0.6 is 15.9 Å². The van der Waals surface area contributed by atoms with E-state index in [1.807, 2.05) is 6.07 Å². The molecule has 4 heteroatoms. The maximum Gasteiger partial charge on any atom is 0.133 e. The first-order valence-corrected chi connectivity index (χ1v) is 7.80. The first kappa shape index (κ1) is 13.8. The number of halogens is 1. The molecule has 0 aliphatic carbocycles. The summed E-state index contributed by atoms with van der Waals surface area (Å²) in [6.45, 7) is 6.66. The molecule has 1 aromatic heterocycles. The minimum absolute atomic E-state index is 0.887. The fourth-order valence-electron chi connectivity index (χ4n) is 2.57. The second-order valence-electron chi connectivity index (χ2n) is 5.01. The fraction of sp³-hybridized carbons (Fsp3) is 0.714. The topological polar surface area (TPSA) is 29.0 Å². The Labute approximate surface area is 118 Å². The largest absolute Gasteiger partial charge is 0.356 e. The van der Waals surface area contributed by atoms with E-state index in [0.717, 1.165) is 41.7 Å². The molecule has 0 saturated carbocycles. The number of hydrogen-bond donors (Lipinski definition) is 0. The van der Waals surface area contributed by atoms with E-state index in [1.165, 1.54) is 25.7 Å². The second kappa shape index (κ2) is 6.50. The number of rotatable bonds is 3. The SMILES string of the molecule is CCc1nc(Br)cc(N2CCCC(CC)CC2)n1. The van der Waals surface area contributed by atoms with Crippen molar-refractivity contribution in [3.05, 3.63) is 16.5 Å². The summed E-state index contributed by atoms with van der Waals surface area (Å²) in [5, 5.41) is 0. The van der Waals surface area contributed by atoms with E-state index in [4.69, 9.17) is 0 Å². The third kappa shape index (κ3) is 3.44. The van der Waals surface area contributed by atoms with Crippen LogP contribution in [0, 0.1) is 5.92 Å². The lowest BCUT2D eigenvalue weighted by Crippen LogP contribution is -2.25. The second-order valence-corrected chi connectivity index (χ2v) is 5.82. The fourth-order valence-corrected chi connectivity index (χ4v) is 2.98. The summed E-state index contributed by atoms with van der Waals surface area (Å²) in [7, 11) is 0. The zero-order valence-electron chi connectivity index (χ0n) is 11.3. The highest BCUT2D eigenvalue weighted by Crippen LogP contribution is 2.24. The third-order valence-corrected chi connectivity index (χ3v) is 4.20. The minimum Gasteiger partial charge on any atom is -0.356 e. The molecule has 1 aliphatic rings. The molecule has 3 nitrogen and oxygen atoms in total. The minimum atomic E-state index is 0.887. The highest BCUT2D eigenvalue weighted by Gasteiger charge is 2.17. The molecular weight excluding hydrogens is 290 g/mol. The standard InChI is InChI=1S/C14H22BrN3/c1-3-11-6-5-8-18(9-7-11)14-10-12(15)16-13(4-2)17-14/h10-11H,3-9H2,1-2H3. The van der Waals surface area contributed by atoms with Crippen LogP contribution in [-0.4, -0.2) is 23.1 Å². The predicted molar refractivity (Wildman–Crippen MR) is 79.0 cm³/mol. The summed E-state index contributed by atoms with van der Waals surface area (Å²) < 4.78 is 0.903. The first-order chi connectivity index (χ1) is 8.72. The van der Waals surface area contributed by atoms with Gasteiger partial charge in [0.1, 0.15) is 16.2 Å². The average Bonchev–Trinajstić information content (AvgIpc) is 2.63. The summed E-state index contributed by atoms with van der Waals surface area (Å²) in [5.74, 6) is 2.91. The van der Waals surface area contributed by atoms with Crippen molar-refractivity contribution in [2.24, 2.45) is 5.92 Å². The van der Waals surface area contributed by atoms with Crippen molar-refractivity contribution in [3.8, 4) is 0 Å². The highest BCUT2D eigenvalue weighted by molar-refractivity contribution is 9.10. The third-order valence-electron chi connectivity index (χ3n) is 3.79. The molecule has 0 amide bonds. The lowest BCUT2D eigenvalue weighted by molar-refractivity contribution is 0.459. The Balaban J connectivity index is 2.13. The van der Waals surface area contributed by atoms with Gasteiger partial charge in [-0.3, -0.25) is 0 Å². The summed E-state index contributed by atoms with van der Waals surface area (Å²) in [4.78, 5) is 11.5. The normalized spacial score (nSPS) is 20.8. The van der Waals surface area contributed by atoms with Gasteiger partial charge < -0.3 is 4.90 Å². The van der Waals surface area contributed by atoms with Gasteiger partial charge in [-0.05, 0) is 41.1 Å². The van der Waals surface area contributed by atoms with E-state index < -0.39 is 0 Å². The van der Waals surface area contributed by atoms with Crippen molar-refractivity contribution in [2.75, 3.05) is 18.0 Å². The van der Waals surface area contributed by atoms with E-state index >= 15 is 0 Å².